The number of benzene rings is 1. The fourth-order valence-corrected chi connectivity index (χ4v) is 2.46. The first-order valence-corrected chi connectivity index (χ1v) is 6.63. The van der Waals surface area contributed by atoms with Gasteiger partial charge in [-0.2, -0.15) is 0 Å². The molecule has 1 fully saturated rings. The van der Waals surface area contributed by atoms with Gasteiger partial charge in [0.1, 0.15) is 0 Å². The summed E-state index contributed by atoms with van der Waals surface area (Å²) in [5, 5.41) is 11.2. The normalized spacial score (nSPS) is 19.2. The van der Waals surface area contributed by atoms with Gasteiger partial charge >= 0.3 is 0 Å². The SMILES string of the molecule is OC(CC1CCOCC1)c1ccc(Cl)c(Cl)c1. The Bertz CT molecular complexity index is 376. The number of aliphatic hydroxyl groups is 1. The van der Waals surface area contributed by atoms with Crippen LogP contribution in [-0.4, -0.2) is 18.3 Å². The lowest BCUT2D eigenvalue weighted by atomic mass is 9.91. The molecule has 0 spiro atoms. The van der Waals surface area contributed by atoms with Gasteiger partial charge in [-0.15, -0.1) is 0 Å². The third-order valence-electron chi connectivity index (χ3n) is 3.23. The minimum Gasteiger partial charge on any atom is -0.388 e. The molecule has 0 amide bonds. The van der Waals surface area contributed by atoms with Crippen molar-refractivity contribution in [2.75, 3.05) is 13.2 Å². The molecule has 17 heavy (non-hydrogen) atoms. The lowest BCUT2D eigenvalue weighted by molar-refractivity contribution is 0.0435. The highest BCUT2D eigenvalue weighted by atomic mass is 35.5. The van der Waals surface area contributed by atoms with E-state index in [1.165, 1.54) is 0 Å². The molecule has 1 unspecified atom stereocenters. The first-order chi connectivity index (χ1) is 8.16. The molecule has 0 aliphatic carbocycles. The van der Waals surface area contributed by atoms with Crippen LogP contribution in [0.5, 0.6) is 0 Å². The molecule has 0 saturated carbocycles. The maximum Gasteiger partial charge on any atom is 0.0793 e. The average molecular weight is 275 g/mol. The predicted molar refractivity (Wildman–Crippen MR) is 69.6 cm³/mol. The summed E-state index contributed by atoms with van der Waals surface area (Å²) in [7, 11) is 0. The maximum absolute atomic E-state index is 10.1. The van der Waals surface area contributed by atoms with Crippen molar-refractivity contribution in [2.24, 2.45) is 5.92 Å². The van der Waals surface area contributed by atoms with Crippen LogP contribution in [-0.2, 0) is 4.74 Å². The Morgan fingerprint density at radius 1 is 1.24 bits per heavy atom. The van der Waals surface area contributed by atoms with Gasteiger partial charge in [0.05, 0.1) is 16.1 Å². The minimum atomic E-state index is -0.465. The van der Waals surface area contributed by atoms with Crippen molar-refractivity contribution in [1.29, 1.82) is 0 Å². The molecule has 4 heteroatoms. The molecule has 0 radical (unpaired) electrons. The molecule has 1 atom stereocenters. The van der Waals surface area contributed by atoms with Crippen LogP contribution < -0.4 is 0 Å². The zero-order chi connectivity index (χ0) is 12.3. The largest absolute Gasteiger partial charge is 0.388 e. The second-order valence-corrected chi connectivity index (χ2v) is 5.30. The van der Waals surface area contributed by atoms with Crippen LogP contribution in [0.3, 0.4) is 0 Å². The lowest BCUT2D eigenvalue weighted by Crippen LogP contribution is -2.18. The summed E-state index contributed by atoms with van der Waals surface area (Å²) in [5.74, 6) is 0.535. The molecule has 0 bridgehead atoms. The first-order valence-electron chi connectivity index (χ1n) is 5.87. The van der Waals surface area contributed by atoms with Crippen molar-refractivity contribution in [3.63, 3.8) is 0 Å². The molecule has 1 aromatic rings. The number of rotatable bonds is 3. The van der Waals surface area contributed by atoms with Gasteiger partial charge in [0.2, 0.25) is 0 Å². The van der Waals surface area contributed by atoms with Crippen molar-refractivity contribution < 1.29 is 9.84 Å². The van der Waals surface area contributed by atoms with E-state index < -0.39 is 6.10 Å². The van der Waals surface area contributed by atoms with Crippen molar-refractivity contribution >= 4 is 23.2 Å². The van der Waals surface area contributed by atoms with Gasteiger partial charge in [-0.05, 0) is 42.9 Å². The summed E-state index contributed by atoms with van der Waals surface area (Å²) in [6, 6.07) is 5.30. The Morgan fingerprint density at radius 2 is 1.94 bits per heavy atom. The van der Waals surface area contributed by atoms with Crippen LogP contribution >= 0.6 is 23.2 Å². The highest BCUT2D eigenvalue weighted by Crippen LogP contribution is 2.30. The molecule has 1 N–H and O–H groups in total. The van der Waals surface area contributed by atoms with Crippen LogP contribution in [0.25, 0.3) is 0 Å². The molecule has 2 rings (SSSR count). The van der Waals surface area contributed by atoms with Crippen LogP contribution in [0.15, 0.2) is 18.2 Å². The fourth-order valence-electron chi connectivity index (χ4n) is 2.15. The first kappa shape index (κ1) is 13.2. The predicted octanol–water partition coefficient (Wildman–Crippen LogP) is 3.84. The van der Waals surface area contributed by atoms with Crippen molar-refractivity contribution in [2.45, 2.75) is 25.4 Å². The van der Waals surface area contributed by atoms with Gasteiger partial charge in [-0.1, -0.05) is 29.3 Å². The van der Waals surface area contributed by atoms with Crippen molar-refractivity contribution in [3.05, 3.63) is 33.8 Å². The topological polar surface area (TPSA) is 29.5 Å². The van der Waals surface area contributed by atoms with Crippen molar-refractivity contribution in [1.82, 2.24) is 0 Å². The molecule has 1 saturated heterocycles. The number of hydrogen-bond donors (Lipinski definition) is 1. The third kappa shape index (κ3) is 3.59. The molecule has 2 nitrogen and oxygen atoms in total. The Labute approximate surface area is 111 Å². The van der Waals surface area contributed by atoms with E-state index >= 15 is 0 Å². The van der Waals surface area contributed by atoms with Crippen molar-refractivity contribution in [3.8, 4) is 0 Å². The molecule has 1 heterocycles. The number of ether oxygens (including phenoxy) is 1. The molecule has 1 aromatic carbocycles. The third-order valence-corrected chi connectivity index (χ3v) is 3.96. The summed E-state index contributed by atoms with van der Waals surface area (Å²) in [4.78, 5) is 0. The lowest BCUT2D eigenvalue weighted by Gasteiger charge is -2.24. The molecular formula is C13H16Cl2O2. The van der Waals surface area contributed by atoms with E-state index in [0.29, 0.717) is 16.0 Å². The van der Waals surface area contributed by atoms with Crippen LogP contribution in [0, 0.1) is 5.92 Å². The van der Waals surface area contributed by atoms with E-state index in [9.17, 15) is 5.11 Å². The van der Waals surface area contributed by atoms with E-state index in [2.05, 4.69) is 0 Å². The highest BCUT2D eigenvalue weighted by molar-refractivity contribution is 6.42. The molecule has 0 aromatic heterocycles. The van der Waals surface area contributed by atoms with Gasteiger partial charge in [-0.3, -0.25) is 0 Å². The Morgan fingerprint density at radius 3 is 2.59 bits per heavy atom. The number of hydrogen-bond acceptors (Lipinski definition) is 2. The summed E-state index contributed by atoms with van der Waals surface area (Å²) < 4.78 is 5.30. The van der Waals surface area contributed by atoms with Gasteiger partial charge in [0.25, 0.3) is 0 Å². The van der Waals surface area contributed by atoms with Gasteiger partial charge in [-0.25, -0.2) is 0 Å². The summed E-state index contributed by atoms with van der Waals surface area (Å²) in [6.45, 7) is 1.61. The van der Waals surface area contributed by atoms with E-state index in [4.69, 9.17) is 27.9 Å². The zero-order valence-corrected chi connectivity index (χ0v) is 11.0. The monoisotopic (exact) mass is 274 g/mol. The molecular weight excluding hydrogens is 259 g/mol. The smallest absolute Gasteiger partial charge is 0.0793 e. The highest BCUT2D eigenvalue weighted by Gasteiger charge is 2.19. The Balaban J connectivity index is 1.98. The number of aliphatic hydroxyl groups excluding tert-OH is 1. The van der Waals surface area contributed by atoms with E-state index in [-0.39, 0.29) is 0 Å². The van der Waals surface area contributed by atoms with Crippen LogP contribution in [0.4, 0.5) is 0 Å². The summed E-state index contributed by atoms with van der Waals surface area (Å²) in [6.07, 6.45) is 2.35. The quantitative estimate of drug-likeness (QED) is 0.908. The second kappa shape index (κ2) is 6.05. The second-order valence-electron chi connectivity index (χ2n) is 4.48. The molecule has 94 valence electrons. The maximum atomic E-state index is 10.1. The van der Waals surface area contributed by atoms with Gasteiger partial charge in [0.15, 0.2) is 0 Å². The Kier molecular flexibility index (Phi) is 4.69. The summed E-state index contributed by atoms with van der Waals surface area (Å²) >= 11 is 11.8. The minimum absolute atomic E-state index is 0.465. The van der Waals surface area contributed by atoms with E-state index in [1.54, 1.807) is 12.1 Å². The van der Waals surface area contributed by atoms with Gasteiger partial charge in [0, 0.05) is 13.2 Å². The molecule has 1 aliphatic heterocycles. The van der Waals surface area contributed by atoms with E-state index in [0.717, 1.165) is 38.0 Å². The fraction of sp³-hybridized carbons (Fsp3) is 0.538. The zero-order valence-electron chi connectivity index (χ0n) is 9.53. The average Bonchev–Trinajstić information content (AvgIpc) is 2.34. The number of halogens is 2. The van der Waals surface area contributed by atoms with Crippen LogP contribution in [0.1, 0.15) is 30.9 Å². The molecule has 1 aliphatic rings. The standard InChI is InChI=1S/C13H16Cl2O2/c14-11-2-1-10(8-12(11)15)13(16)7-9-3-5-17-6-4-9/h1-2,8-9,13,16H,3-7H2. The Hall–Kier alpha value is -0.280. The van der Waals surface area contributed by atoms with Crippen LogP contribution in [0.2, 0.25) is 10.0 Å². The summed E-state index contributed by atoms with van der Waals surface area (Å²) in [5.41, 5.74) is 0.839. The van der Waals surface area contributed by atoms with Gasteiger partial charge < -0.3 is 9.84 Å². The van der Waals surface area contributed by atoms with E-state index in [1.807, 2.05) is 6.07 Å².